The molecule has 38 heteroatoms. The molecule has 4 fully saturated rings. The van der Waals surface area contributed by atoms with Gasteiger partial charge in [-0.2, -0.15) is 0 Å². The van der Waals surface area contributed by atoms with Crippen molar-refractivity contribution in [2.75, 3.05) is 177 Å². The second-order valence-electron chi connectivity index (χ2n) is 35.4. The highest BCUT2D eigenvalue weighted by Crippen LogP contribution is 2.42. The number of ketones is 4. The summed E-state index contributed by atoms with van der Waals surface area (Å²) in [6.45, 7) is 24.8. The van der Waals surface area contributed by atoms with E-state index in [9.17, 15) is 41.5 Å². The predicted molar refractivity (Wildman–Crippen MR) is 555 cm³/mol. The number of ether oxygens (including phenoxy) is 3. The normalized spacial score (nSPS) is 18.6. The number of amidine groups is 4. The number of nitrogens with zero attached hydrogens (tertiary/aromatic N) is 18. The summed E-state index contributed by atoms with van der Waals surface area (Å²) in [5.41, 5.74) is 18.4. The molecule has 0 radical (unpaired) electrons. The molecule has 145 heavy (non-hydrogen) atoms. The quantitative estimate of drug-likeness (QED) is 0.00702. The topological polar surface area (TPSA) is 334 Å². The van der Waals surface area contributed by atoms with Crippen LogP contribution >= 0.6 is 46.4 Å². The molecule has 4 N–H and O–H groups in total. The van der Waals surface area contributed by atoms with Gasteiger partial charge in [0.15, 0.2) is 40.6 Å². The summed E-state index contributed by atoms with van der Waals surface area (Å²) in [5, 5.41) is 17.8. The third kappa shape index (κ3) is 31.5. The first-order valence-corrected chi connectivity index (χ1v) is 49.9. The zero-order chi connectivity index (χ0) is 103. The average Bonchev–Trinajstić information content (AvgIpc) is 0.784. The Hall–Kier alpha value is -12.6. The molecule has 30 nitrogen and oxygen atoms in total. The van der Waals surface area contributed by atoms with Crippen LogP contribution in [0.1, 0.15) is 142 Å². The third-order valence-electron chi connectivity index (χ3n) is 25.3. The summed E-state index contributed by atoms with van der Waals surface area (Å²) < 4.78 is 71.6. The number of terminal acetylenes is 2. The van der Waals surface area contributed by atoms with Crippen LogP contribution < -0.4 is 21.3 Å². The molecule has 4 aromatic heterocycles. The lowest BCUT2D eigenvalue weighted by atomic mass is 9.92. The maximum absolute atomic E-state index is 13.9. The molecular weight excluding hydrogens is 1940 g/mol. The van der Waals surface area contributed by atoms with Gasteiger partial charge in [0.25, 0.3) is 0 Å². The van der Waals surface area contributed by atoms with Crippen molar-refractivity contribution in [3.8, 4) is 24.7 Å². The minimum Gasteiger partial charge on any atom is -0.379 e. The first-order chi connectivity index (χ1) is 70.3. The van der Waals surface area contributed by atoms with E-state index in [4.69, 9.17) is 99.0 Å². The van der Waals surface area contributed by atoms with E-state index in [1.165, 1.54) is 76.2 Å². The Balaban J connectivity index is 0.000000163. The second kappa shape index (κ2) is 55.7. The first-order valence-electron chi connectivity index (χ1n) is 48.3. The molecular formula is C107H118Cl4F4N22O8. The fourth-order valence-corrected chi connectivity index (χ4v) is 19.0. The molecule has 16 rings (SSSR count). The van der Waals surface area contributed by atoms with E-state index in [0.29, 0.717) is 202 Å². The van der Waals surface area contributed by atoms with Crippen molar-refractivity contribution in [3.05, 3.63) is 314 Å². The van der Waals surface area contributed by atoms with Crippen molar-refractivity contribution in [3.63, 3.8) is 0 Å². The molecule has 760 valence electrons. The van der Waals surface area contributed by atoms with Gasteiger partial charge in [-0.1, -0.05) is 94.0 Å². The molecule has 0 bridgehead atoms. The summed E-state index contributed by atoms with van der Waals surface area (Å²) in [6.07, 6.45) is 24.9. The number of carbonyl (C=O) groups is 5. The number of benzene rings is 4. The highest BCUT2D eigenvalue weighted by molar-refractivity contribution is 6.33. The van der Waals surface area contributed by atoms with Gasteiger partial charge in [-0.05, 0) is 163 Å². The van der Waals surface area contributed by atoms with Crippen molar-refractivity contribution in [1.82, 2.24) is 75.5 Å². The van der Waals surface area contributed by atoms with E-state index >= 15 is 0 Å². The van der Waals surface area contributed by atoms with E-state index in [-0.39, 0.29) is 49.1 Å². The van der Waals surface area contributed by atoms with Crippen molar-refractivity contribution in [1.29, 1.82) is 0 Å². The van der Waals surface area contributed by atoms with E-state index in [2.05, 4.69) is 92.5 Å². The third-order valence-corrected chi connectivity index (χ3v) is 26.7. The number of halogens is 8. The molecule has 8 aliphatic heterocycles. The molecule has 0 saturated carbocycles. The number of azide groups is 1. The van der Waals surface area contributed by atoms with Crippen molar-refractivity contribution < 1.29 is 55.7 Å². The Labute approximate surface area is 862 Å². The van der Waals surface area contributed by atoms with Gasteiger partial charge in [0, 0.05) is 279 Å². The molecule has 8 aliphatic rings. The summed E-state index contributed by atoms with van der Waals surface area (Å²) in [5.74, 6) is 5.44. The lowest BCUT2D eigenvalue weighted by molar-refractivity contribution is -0.133. The van der Waals surface area contributed by atoms with Gasteiger partial charge in [-0.25, -0.2) is 17.6 Å². The summed E-state index contributed by atoms with van der Waals surface area (Å²) >= 11 is 25.7. The first kappa shape index (κ1) is 110. The Morgan fingerprint density at radius 1 is 0.421 bits per heavy atom. The number of aromatic nitrogens is 4. The minimum atomic E-state index is -0.709. The van der Waals surface area contributed by atoms with Gasteiger partial charge in [0.05, 0.1) is 39.6 Å². The van der Waals surface area contributed by atoms with Gasteiger partial charge >= 0.3 is 0 Å². The van der Waals surface area contributed by atoms with Crippen molar-refractivity contribution >= 4 is 98.8 Å². The number of morpholine rings is 1. The van der Waals surface area contributed by atoms with Crippen LogP contribution in [-0.2, 0) is 38.2 Å². The van der Waals surface area contributed by atoms with E-state index in [1.807, 2.05) is 71.6 Å². The Kier molecular flexibility index (Phi) is 42.1. The zero-order valence-electron chi connectivity index (χ0n) is 81.5. The second-order valence-corrected chi connectivity index (χ2v) is 37.0. The molecule has 1 amide bonds. The number of aliphatic imine (C=N–C) groups is 4. The molecule has 12 heterocycles. The maximum Gasteiger partial charge on any atom is 0.222 e. The number of piperazine rings is 3. The van der Waals surface area contributed by atoms with E-state index in [1.54, 1.807) is 55.2 Å². The Bertz CT molecular complexity index is 6250. The van der Waals surface area contributed by atoms with Gasteiger partial charge in [-0.15, -0.1) is 24.7 Å². The monoisotopic (exact) mass is 2050 g/mol. The van der Waals surface area contributed by atoms with Crippen LogP contribution in [0.4, 0.5) is 17.6 Å². The number of amides is 1. The average molecular weight is 2060 g/mol. The van der Waals surface area contributed by atoms with Crippen LogP contribution in [0.3, 0.4) is 0 Å². The van der Waals surface area contributed by atoms with Crippen LogP contribution in [-0.4, -0.2) is 284 Å². The molecule has 4 unspecified atom stereocenters. The molecule has 8 aromatic rings. The highest BCUT2D eigenvalue weighted by Gasteiger charge is 2.39. The van der Waals surface area contributed by atoms with Crippen LogP contribution in [0.25, 0.3) is 10.4 Å². The predicted octanol–water partition coefficient (Wildman–Crippen LogP) is 15.3. The number of carbonyl (C=O) groups excluding carboxylic acids is 5. The Morgan fingerprint density at radius 3 is 1.11 bits per heavy atom. The fourth-order valence-electron chi connectivity index (χ4n) is 17.9. The molecule has 0 spiro atoms. The zero-order valence-corrected chi connectivity index (χ0v) is 84.5. The van der Waals surface area contributed by atoms with Gasteiger partial charge in [0.1, 0.15) is 70.4 Å². The van der Waals surface area contributed by atoms with Crippen LogP contribution in [0.15, 0.2) is 241 Å². The van der Waals surface area contributed by atoms with Crippen molar-refractivity contribution in [2.45, 2.75) is 96.8 Å². The van der Waals surface area contributed by atoms with E-state index in [0.717, 1.165) is 133 Å². The summed E-state index contributed by atoms with van der Waals surface area (Å²) in [6, 6.07) is 34.3. The summed E-state index contributed by atoms with van der Waals surface area (Å²) in [7, 11) is 0. The molecule has 4 saturated heterocycles. The number of unbranched alkanes of at least 4 members (excludes halogenated alkanes) is 4. The minimum absolute atomic E-state index is 0.0983. The fraction of sp³-hybridized carbons (Fsp3) is 0.393. The van der Waals surface area contributed by atoms with Gasteiger partial charge in [-0.3, -0.25) is 88.4 Å². The highest BCUT2D eigenvalue weighted by atomic mass is 35.5. The smallest absolute Gasteiger partial charge is 0.222 e. The number of pyridine rings is 4. The Morgan fingerprint density at radius 2 is 0.759 bits per heavy atom. The lowest BCUT2D eigenvalue weighted by Crippen LogP contribution is -2.50. The largest absolute Gasteiger partial charge is 0.379 e. The standard InChI is InChI=1S/C29H31ClFN5O2.C28H34ClFN8O3.C28H31ClFN5O.C22H22ClFN4O2/c1-3-4-5-6-10-26(38)36-16-14-35(15-17-36)19-25-27(20(2)37)28(22-12-11-21(31)18-23(22)30)34-29(33-25)24-9-7-8-13-32-24;1-20(39)26-25(19-38-11-9-37(10-12-38)13-15-41-17-16-40-14-8-33-36-31)34-28(24-4-2-3-7-32-24)35-27(26)22-6-5-21(30)18-23(22)29;1-3-4-5-8-13-34-14-16-35(17-15-34)19-25-26(20(2)36)27(22-11-10-21(30)18-23(22)29)33-28(32-25)24-9-6-7-12-31-24;1-14(29)20-19(13-28-8-10-30-11-9-28)26-22(15-4-6-25-7-5-15)27-21(20)17-3-2-16(24)12-18(17)23/h1,7-9,11-13,18,28H,4-6,10,14-17,19H2,2H3,(H,33,34);2-7,18,27H,8-17,19H2,1H3,(H,34,35);1,6-7,9-12,18,27H,4-5,8,13-17,19H2,2H3,(H,32,33);2-7,12,21H,8-11,13H2,1H3,(H,26,27). The molecule has 4 atom stereocenters. The number of hydrogen-bond acceptors (Lipinski definition) is 27. The lowest BCUT2D eigenvalue weighted by Gasteiger charge is -2.37. The molecule has 4 aromatic carbocycles. The number of hydrogen-bond donors (Lipinski definition) is 4. The molecule has 0 aliphatic carbocycles. The number of Topliss-reactive ketones (excluding diaryl/α,β-unsaturated/α-hetero) is 4. The van der Waals surface area contributed by atoms with Crippen LogP contribution in [0.2, 0.25) is 20.1 Å². The van der Waals surface area contributed by atoms with E-state index < -0.39 is 47.4 Å². The maximum atomic E-state index is 13.9. The number of nitrogens with one attached hydrogen (secondary N) is 4. The SMILES string of the molecule is C#CCCCCC(=O)N1CCN(CC2=C(C(C)=O)C(c3ccc(F)cc3Cl)N=C(c3ccccn3)N2)CC1.C#CCCCCN1CCN(CC2=C(C(C)=O)C(c3ccc(F)cc3Cl)N=C(c3ccccn3)N2)CC1.CC(=O)C1=C(CN2CCN(CCOCCOCCN=[N+]=[N-])CC2)NC(c2ccccn2)=NC1c1ccc(F)cc1Cl.CC(=O)C1=C(CN2CCOCC2)NC(c2ccncc2)=NC1c1ccc(F)cc1Cl. The van der Waals surface area contributed by atoms with Crippen molar-refractivity contribution in [2.24, 2.45) is 25.1 Å². The summed E-state index contributed by atoms with van der Waals surface area (Å²) in [4.78, 5) is 119. The van der Waals surface area contributed by atoms with Crippen LogP contribution in [0, 0.1) is 48.0 Å². The number of rotatable bonds is 37. The van der Waals surface area contributed by atoms with Crippen LogP contribution in [0.5, 0.6) is 0 Å². The van der Waals surface area contributed by atoms with Gasteiger partial charge in [0.2, 0.25) is 5.91 Å². The van der Waals surface area contributed by atoms with Gasteiger partial charge < -0.3 is 45.3 Å².